The van der Waals surface area contributed by atoms with Crippen molar-refractivity contribution in [1.82, 2.24) is 9.88 Å². The minimum atomic E-state index is -0.354. The van der Waals surface area contributed by atoms with E-state index in [9.17, 15) is 4.79 Å². The van der Waals surface area contributed by atoms with Gasteiger partial charge in [0.25, 0.3) is 0 Å². The summed E-state index contributed by atoms with van der Waals surface area (Å²) in [4.78, 5) is 20.0. The molecule has 108 valence electrons. The third-order valence-corrected chi connectivity index (χ3v) is 5.01. The van der Waals surface area contributed by atoms with E-state index in [1.165, 1.54) is 18.4 Å². The molecule has 2 heterocycles. The maximum Gasteiger partial charge on any atom is 0.161 e. The van der Waals surface area contributed by atoms with Gasteiger partial charge in [-0.1, -0.05) is 6.07 Å². The van der Waals surface area contributed by atoms with Gasteiger partial charge >= 0.3 is 0 Å². The van der Waals surface area contributed by atoms with Crippen LogP contribution in [0, 0.1) is 0 Å². The van der Waals surface area contributed by atoms with E-state index in [-0.39, 0.29) is 11.5 Å². The molecule has 20 heavy (non-hydrogen) atoms. The van der Waals surface area contributed by atoms with E-state index in [2.05, 4.69) is 29.8 Å². The molecular weight excluding hydrogens is 248 g/mol. The molecule has 1 aliphatic carbocycles. The highest BCUT2D eigenvalue weighted by Gasteiger charge is 2.41. The van der Waals surface area contributed by atoms with Gasteiger partial charge in [0.15, 0.2) is 5.78 Å². The Bertz CT molecular complexity index is 503. The molecule has 1 aromatic rings. The maximum absolute atomic E-state index is 13.1. The number of hydrogen-bond donors (Lipinski definition) is 0. The Morgan fingerprint density at radius 2 is 2.05 bits per heavy atom. The summed E-state index contributed by atoms with van der Waals surface area (Å²) in [5, 5.41) is 0. The molecule has 2 aliphatic rings. The molecule has 0 aromatic carbocycles. The van der Waals surface area contributed by atoms with Crippen LogP contribution < -0.4 is 0 Å². The molecule has 3 heteroatoms. The first-order valence-corrected chi connectivity index (χ1v) is 7.84. The number of nitrogens with zero attached hydrogens (tertiary/aromatic N) is 2. The summed E-state index contributed by atoms with van der Waals surface area (Å²) in [6, 6.07) is 4.11. The molecule has 0 bridgehead atoms. The molecular formula is C17H24N2O. The number of carbonyl (C=O) groups is 1. The van der Waals surface area contributed by atoms with E-state index in [4.69, 9.17) is 0 Å². The molecule has 0 amide bonds. The van der Waals surface area contributed by atoms with Gasteiger partial charge in [-0.25, -0.2) is 0 Å². The number of carbonyl (C=O) groups excluding carboxylic acids is 1. The number of Topliss-reactive ketones (excluding diaryl/α,β-unsaturated/α-hetero) is 1. The molecule has 1 fully saturated rings. The Kier molecular flexibility index (Phi) is 3.63. The first kappa shape index (κ1) is 13.7. The van der Waals surface area contributed by atoms with Crippen molar-refractivity contribution >= 4 is 5.78 Å². The minimum Gasteiger partial charge on any atom is -0.297 e. The maximum atomic E-state index is 13.1. The lowest BCUT2D eigenvalue weighted by molar-refractivity contribution is -0.130. The fourth-order valence-corrected chi connectivity index (χ4v) is 3.72. The normalized spacial score (nSPS) is 23.6. The summed E-state index contributed by atoms with van der Waals surface area (Å²) in [5.41, 5.74) is 1.96. The number of likely N-dealkylation sites (tertiary alicyclic amines) is 1. The van der Waals surface area contributed by atoms with Crippen molar-refractivity contribution < 1.29 is 4.79 Å². The Morgan fingerprint density at radius 1 is 1.30 bits per heavy atom. The largest absolute Gasteiger partial charge is 0.297 e. The second-order valence-electron chi connectivity index (χ2n) is 6.61. The van der Waals surface area contributed by atoms with Gasteiger partial charge in [0, 0.05) is 6.20 Å². The number of fused-ring (bicyclic) bond motifs is 1. The van der Waals surface area contributed by atoms with Crippen LogP contribution >= 0.6 is 0 Å². The van der Waals surface area contributed by atoms with Crippen molar-refractivity contribution in [3.63, 3.8) is 0 Å². The molecule has 1 aliphatic heterocycles. The highest BCUT2D eigenvalue weighted by molar-refractivity contribution is 5.93. The SMILES string of the molecule is CC(C)(C(=O)C1CCCc2cccnc21)N1CCCC1. The average Bonchev–Trinajstić information content (AvgIpc) is 3.01. The zero-order valence-electron chi connectivity index (χ0n) is 12.6. The van der Waals surface area contributed by atoms with E-state index >= 15 is 0 Å². The van der Waals surface area contributed by atoms with E-state index in [1.54, 1.807) is 0 Å². The molecule has 1 unspecified atom stereocenters. The summed E-state index contributed by atoms with van der Waals surface area (Å²) in [6.45, 7) is 6.30. The lowest BCUT2D eigenvalue weighted by atomic mass is 9.77. The third kappa shape index (κ3) is 2.28. The van der Waals surface area contributed by atoms with Crippen molar-refractivity contribution in [3.05, 3.63) is 29.6 Å². The van der Waals surface area contributed by atoms with Gasteiger partial charge in [0.1, 0.15) is 0 Å². The van der Waals surface area contributed by atoms with Crippen LogP contribution in [0.15, 0.2) is 18.3 Å². The lowest BCUT2D eigenvalue weighted by Gasteiger charge is -2.37. The first-order chi connectivity index (χ1) is 9.60. The number of aryl methyl sites for hydroxylation is 1. The number of pyridine rings is 1. The predicted molar refractivity (Wildman–Crippen MR) is 79.8 cm³/mol. The quantitative estimate of drug-likeness (QED) is 0.848. The van der Waals surface area contributed by atoms with Gasteiger partial charge in [-0.2, -0.15) is 0 Å². The summed E-state index contributed by atoms with van der Waals surface area (Å²) in [7, 11) is 0. The fraction of sp³-hybridized carbons (Fsp3) is 0.647. The van der Waals surface area contributed by atoms with Crippen molar-refractivity contribution in [2.45, 2.75) is 57.4 Å². The van der Waals surface area contributed by atoms with Crippen LogP contribution in [-0.2, 0) is 11.2 Å². The van der Waals surface area contributed by atoms with Crippen LogP contribution in [0.3, 0.4) is 0 Å². The Hall–Kier alpha value is -1.22. The summed E-state index contributed by atoms with van der Waals surface area (Å²) >= 11 is 0. The van der Waals surface area contributed by atoms with Gasteiger partial charge in [0.05, 0.1) is 17.2 Å². The van der Waals surface area contributed by atoms with E-state index in [1.807, 2.05) is 12.3 Å². The smallest absolute Gasteiger partial charge is 0.161 e. The zero-order valence-corrected chi connectivity index (χ0v) is 12.6. The fourth-order valence-electron chi connectivity index (χ4n) is 3.72. The van der Waals surface area contributed by atoms with Gasteiger partial charge in [0.2, 0.25) is 0 Å². The minimum absolute atomic E-state index is 0.00412. The Morgan fingerprint density at radius 3 is 2.80 bits per heavy atom. The molecule has 1 saturated heterocycles. The topological polar surface area (TPSA) is 33.2 Å². The van der Waals surface area contributed by atoms with Crippen LogP contribution in [0.1, 0.15) is 56.7 Å². The van der Waals surface area contributed by atoms with Crippen molar-refractivity contribution in [1.29, 1.82) is 0 Å². The molecule has 3 nitrogen and oxygen atoms in total. The van der Waals surface area contributed by atoms with Gasteiger partial charge in [-0.05, 0) is 70.7 Å². The van der Waals surface area contributed by atoms with Gasteiger partial charge in [-0.3, -0.25) is 14.7 Å². The molecule has 1 atom stereocenters. The molecule has 0 spiro atoms. The number of ketones is 1. The molecule has 3 rings (SSSR count). The molecule has 1 aromatic heterocycles. The van der Waals surface area contributed by atoms with Crippen LogP contribution in [0.25, 0.3) is 0 Å². The second-order valence-corrected chi connectivity index (χ2v) is 6.61. The van der Waals surface area contributed by atoms with Gasteiger partial charge in [-0.15, -0.1) is 0 Å². The molecule has 0 radical (unpaired) electrons. The van der Waals surface area contributed by atoms with Crippen LogP contribution in [-0.4, -0.2) is 34.3 Å². The summed E-state index contributed by atoms with van der Waals surface area (Å²) in [6.07, 6.45) is 7.39. The van der Waals surface area contributed by atoms with Crippen molar-refractivity contribution in [2.24, 2.45) is 0 Å². The number of aromatic nitrogens is 1. The van der Waals surface area contributed by atoms with E-state index in [0.717, 1.165) is 38.0 Å². The van der Waals surface area contributed by atoms with Crippen LogP contribution in [0.4, 0.5) is 0 Å². The Balaban J connectivity index is 1.88. The van der Waals surface area contributed by atoms with Crippen LogP contribution in [0.2, 0.25) is 0 Å². The molecule has 0 saturated carbocycles. The van der Waals surface area contributed by atoms with E-state index < -0.39 is 0 Å². The highest BCUT2D eigenvalue weighted by Crippen LogP contribution is 2.35. The Labute approximate surface area is 121 Å². The lowest BCUT2D eigenvalue weighted by Crippen LogP contribution is -2.51. The summed E-state index contributed by atoms with van der Waals surface area (Å²) in [5.74, 6) is 0.356. The zero-order chi connectivity index (χ0) is 14.2. The molecule has 0 N–H and O–H groups in total. The number of hydrogen-bond acceptors (Lipinski definition) is 3. The monoisotopic (exact) mass is 272 g/mol. The number of rotatable bonds is 3. The van der Waals surface area contributed by atoms with Crippen molar-refractivity contribution in [3.8, 4) is 0 Å². The third-order valence-electron chi connectivity index (χ3n) is 5.01. The highest BCUT2D eigenvalue weighted by atomic mass is 16.1. The first-order valence-electron chi connectivity index (χ1n) is 7.84. The standard InChI is InChI=1S/C17H24N2O/c1-17(2,19-11-3-4-12-19)16(20)14-9-5-7-13-8-6-10-18-15(13)14/h6,8,10,14H,3-5,7,9,11-12H2,1-2H3. The van der Waals surface area contributed by atoms with E-state index in [0.29, 0.717) is 5.78 Å². The van der Waals surface area contributed by atoms with Gasteiger partial charge < -0.3 is 0 Å². The van der Waals surface area contributed by atoms with Crippen molar-refractivity contribution in [2.75, 3.05) is 13.1 Å². The van der Waals surface area contributed by atoms with Crippen LogP contribution in [0.5, 0.6) is 0 Å². The second kappa shape index (κ2) is 5.28. The summed E-state index contributed by atoms with van der Waals surface area (Å²) < 4.78 is 0. The predicted octanol–water partition coefficient (Wildman–Crippen LogP) is 2.95. The average molecular weight is 272 g/mol.